The molecule has 5 nitrogen and oxygen atoms in total. The second-order valence-electron chi connectivity index (χ2n) is 5.21. The molecule has 0 saturated heterocycles. The SMILES string of the molecule is CS(=O)(=O)N(CC(=O)Nc1ccc(Br)cc1)Cc1ccc(Cl)cc1. The molecule has 0 heterocycles. The molecule has 0 radical (unpaired) electrons. The quantitative estimate of drug-likeness (QED) is 0.761. The zero-order valence-corrected chi connectivity index (χ0v) is 16.0. The summed E-state index contributed by atoms with van der Waals surface area (Å²) in [5, 5.41) is 3.25. The third kappa shape index (κ3) is 5.90. The van der Waals surface area contributed by atoms with E-state index >= 15 is 0 Å². The van der Waals surface area contributed by atoms with Crippen molar-refractivity contribution in [3.8, 4) is 0 Å². The van der Waals surface area contributed by atoms with Crippen molar-refractivity contribution < 1.29 is 13.2 Å². The molecular formula is C16H16BrClN2O3S. The zero-order chi connectivity index (χ0) is 17.7. The van der Waals surface area contributed by atoms with Gasteiger partial charge in [-0.05, 0) is 42.0 Å². The van der Waals surface area contributed by atoms with Crippen LogP contribution in [0.4, 0.5) is 5.69 Å². The third-order valence-corrected chi connectivity index (χ3v) is 5.17. The molecule has 128 valence electrons. The Morgan fingerprint density at radius 1 is 1.12 bits per heavy atom. The second-order valence-corrected chi connectivity index (χ2v) is 8.55. The van der Waals surface area contributed by atoms with Gasteiger partial charge in [0.25, 0.3) is 0 Å². The first kappa shape index (κ1) is 18.9. The lowest BCUT2D eigenvalue weighted by Gasteiger charge is -2.19. The number of amides is 1. The maximum Gasteiger partial charge on any atom is 0.239 e. The van der Waals surface area contributed by atoms with Crippen LogP contribution < -0.4 is 5.32 Å². The first-order chi connectivity index (χ1) is 11.2. The average molecular weight is 432 g/mol. The number of carbonyl (C=O) groups excluding carboxylic acids is 1. The van der Waals surface area contributed by atoms with E-state index in [1.165, 1.54) is 0 Å². The standard InChI is InChI=1S/C16H16BrClN2O3S/c1-24(22,23)20(10-12-2-6-14(18)7-3-12)11-16(21)19-15-8-4-13(17)5-9-15/h2-9H,10-11H2,1H3,(H,19,21). The molecule has 1 amide bonds. The van der Waals surface area contributed by atoms with Crippen LogP contribution >= 0.6 is 27.5 Å². The number of anilines is 1. The molecule has 0 aromatic heterocycles. The smallest absolute Gasteiger partial charge is 0.239 e. The number of hydrogen-bond donors (Lipinski definition) is 1. The highest BCUT2D eigenvalue weighted by atomic mass is 79.9. The van der Waals surface area contributed by atoms with Gasteiger partial charge in [0.05, 0.1) is 12.8 Å². The maximum absolute atomic E-state index is 12.1. The Hall–Kier alpha value is -1.41. The fraction of sp³-hybridized carbons (Fsp3) is 0.188. The molecule has 8 heteroatoms. The Balaban J connectivity index is 2.06. The van der Waals surface area contributed by atoms with E-state index < -0.39 is 15.9 Å². The van der Waals surface area contributed by atoms with Crippen LogP contribution in [0.3, 0.4) is 0 Å². The molecule has 0 aliphatic carbocycles. The molecule has 1 N–H and O–H groups in total. The minimum absolute atomic E-state index is 0.101. The van der Waals surface area contributed by atoms with Crippen LogP contribution in [0.15, 0.2) is 53.0 Å². The van der Waals surface area contributed by atoms with Gasteiger partial charge in [-0.15, -0.1) is 0 Å². The molecule has 0 saturated carbocycles. The number of hydrogen-bond acceptors (Lipinski definition) is 3. The molecule has 0 aliphatic rings. The highest BCUT2D eigenvalue weighted by molar-refractivity contribution is 9.10. The Morgan fingerprint density at radius 3 is 2.25 bits per heavy atom. The van der Waals surface area contributed by atoms with Crippen LogP contribution in [0.2, 0.25) is 5.02 Å². The number of nitrogens with one attached hydrogen (secondary N) is 1. The van der Waals surface area contributed by atoms with Crippen LogP contribution in [0, 0.1) is 0 Å². The van der Waals surface area contributed by atoms with Gasteiger partial charge in [0.15, 0.2) is 0 Å². The normalized spacial score (nSPS) is 11.5. The minimum Gasteiger partial charge on any atom is -0.325 e. The predicted octanol–water partition coefficient (Wildman–Crippen LogP) is 3.50. The summed E-state index contributed by atoms with van der Waals surface area (Å²) in [7, 11) is -3.54. The Kier molecular flexibility index (Phi) is 6.40. The number of nitrogens with zero attached hydrogens (tertiary/aromatic N) is 1. The van der Waals surface area contributed by atoms with Gasteiger partial charge in [0.1, 0.15) is 0 Å². The number of halogens is 2. The van der Waals surface area contributed by atoms with Crippen LogP contribution in [0.5, 0.6) is 0 Å². The third-order valence-electron chi connectivity index (χ3n) is 3.19. The van der Waals surface area contributed by atoms with Gasteiger partial charge in [-0.3, -0.25) is 4.79 Å². The van der Waals surface area contributed by atoms with Crippen molar-refractivity contribution in [3.63, 3.8) is 0 Å². The van der Waals surface area contributed by atoms with E-state index in [1.54, 1.807) is 48.5 Å². The maximum atomic E-state index is 12.1. The van der Waals surface area contributed by atoms with E-state index in [1.807, 2.05) is 0 Å². The highest BCUT2D eigenvalue weighted by Crippen LogP contribution is 2.15. The molecule has 2 aromatic carbocycles. The van der Waals surface area contributed by atoms with E-state index in [-0.39, 0.29) is 13.1 Å². The second kappa shape index (κ2) is 8.11. The van der Waals surface area contributed by atoms with Gasteiger partial charge in [-0.25, -0.2) is 8.42 Å². The summed E-state index contributed by atoms with van der Waals surface area (Å²) in [5.41, 5.74) is 1.35. The molecule has 2 rings (SSSR count). The van der Waals surface area contributed by atoms with E-state index in [0.717, 1.165) is 20.6 Å². The molecule has 0 aliphatic heterocycles. The average Bonchev–Trinajstić information content (AvgIpc) is 2.50. The first-order valence-electron chi connectivity index (χ1n) is 6.99. The zero-order valence-electron chi connectivity index (χ0n) is 12.9. The molecule has 2 aromatic rings. The van der Waals surface area contributed by atoms with Crippen molar-refractivity contribution in [1.82, 2.24) is 4.31 Å². The fourth-order valence-corrected chi connectivity index (χ4v) is 3.10. The van der Waals surface area contributed by atoms with Crippen molar-refractivity contribution in [2.75, 3.05) is 18.1 Å². The lowest BCUT2D eigenvalue weighted by molar-refractivity contribution is -0.116. The lowest BCUT2D eigenvalue weighted by Crippen LogP contribution is -2.36. The van der Waals surface area contributed by atoms with Crippen LogP contribution in [-0.2, 0) is 21.4 Å². The summed E-state index contributed by atoms with van der Waals surface area (Å²) in [4.78, 5) is 12.1. The molecule has 0 spiro atoms. The van der Waals surface area contributed by atoms with Crippen molar-refractivity contribution in [2.24, 2.45) is 0 Å². The summed E-state index contributed by atoms with van der Waals surface area (Å²) >= 11 is 9.14. The van der Waals surface area contributed by atoms with Crippen LogP contribution in [-0.4, -0.2) is 31.4 Å². The number of rotatable bonds is 6. The lowest BCUT2D eigenvalue weighted by atomic mass is 10.2. The van der Waals surface area contributed by atoms with Crippen molar-refractivity contribution >= 4 is 49.1 Å². The predicted molar refractivity (Wildman–Crippen MR) is 99.5 cm³/mol. The van der Waals surface area contributed by atoms with Crippen molar-refractivity contribution in [1.29, 1.82) is 0 Å². The number of benzene rings is 2. The largest absolute Gasteiger partial charge is 0.325 e. The van der Waals surface area contributed by atoms with Gasteiger partial charge < -0.3 is 5.32 Å². The summed E-state index contributed by atoms with van der Waals surface area (Å²) in [6, 6.07) is 13.9. The first-order valence-corrected chi connectivity index (χ1v) is 10.0. The monoisotopic (exact) mass is 430 g/mol. The molecule has 24 heavy (non-hydrogen) atoms. The Bertz CT molecular complexity index is 808. The van der Waals surface area contributed by atoms with Crippen molar-refractivity contribution in [2.45, 2.75) is 6.54 Å². The Morgan fingerprint density at radius 2 is 1.71 bits per heavy atom. The fourth-order valence-electron chi connectivity index (χ4n) is 1.98. The van der Waals surface area contributed by atoms with Gasteiger partial charge in [-0.2, -0.15) is 4.31 Å². The highest BCUT2D eigenvalue weighted by Gasteiger charge is 2.20. The van der Waals surface area contributed by atoms with E-state index in [9.17, 15) is 13.2 Å². The minimum atomic E-state index is -3.54. The summed E-state index contributed by atoms with van der Waals surface area (Å²) in [6.45, 7) is -0.165. The van der Waals surface area contributed by atoms with Gasteiger partial charge in [-0.1, -0.05) is 39.7 Å². The van der Waals surface area contributed by atoms with E-state index in [0.29, 0.717) is 10.7 Å². The summed E-state index contributed by atoms with van der Waals surface area (Å²) in [5.74, 6) is -0.406. The Labute approximate surface area is 154 Å². The molecule has 0 unspecified atom stereocenters. The van der Waals surface area contributed by atoms with Gasteiger partial charge in [0, 0.05) is 21.7 Å². The number of sulfonamides is 1. The summed E-state index contributed by atoms with van der Waals surface area (Å²) < 4.78 is 25.9. The van der Waals surface area contributed by atoms with Crippen molar-refractivity contribution in [3.05, 3.63) is 63.6 Å². The topological polar surface area (TPSA) is 66.5 Å². The molecular weight excluding hydrogens is 416 g/mol. The van der Waals surface area contributed by atoms with Gasteiger partial charge >= 0.3 is 0 Å². The molecule has 0 bridgehead atoms. The summed E-state index contributed by atoms with van der Waals surface area (Å²) in [6.07, 6.45) is 1.08. The number of carbonyl (C=O) groups is 1. The van der Waals surface area contributed by atoms with Crippen LogP contribution in [0.1, 0.15) is 5.56 Å². The molecule has 0 atom stereocenters. The van der Waals surface area contributed by atoms with Gasteiger partial charge in [0.2, 0.25) is 15.9 Å². The van der Waals surface area contributed by atoms with E-state index in [2.05, 4.69) is 21.2 Å². The molecule has 0 fully saturated rings. The van der Waals surface area contributed by atoms with Crippen LogP contribution in [0.25, 0.3) is 0 Å². The van der Waals surface area contributed by atoms with E-state index in [4.69, 9.17) is 11.6 Å².